The Labute approximate surface area is 93.4 Å². The van der Waals surface area contributed by atoms with Crippen LogP contribution in [0.3, 0.4) is 0 Å². The maximum Gasteiger partial charge on any atom is 0.206 e. The highest BCUT2D eigenvalue weighted by Gasteiger charge is 2.11. The minimum absolute atomic E-state index is 0.0715. The molecule has 0 aliphatic rings. The van der Waals surface area contributed by atoms with Crippen molar-refractivity contribution in [3.63, 3.8) is 0 Å². The number of aryl methyl sites for hydroxylation is 3. The number of aromatic nitrogens is 4. The van der Waals surface area contributed by atoms with Crippen molar-refractivity contribution in [2.45, 2.75) is 13.8 Å². The first-order chi connectivity index (χ1) is 7.63. The minimum Gasteiger partial charge on any atom is -0.395 e. The van der Waals surface area contributed by atoms with Crippen molar-refractivity contribution in [3.05, 3.63) is 11.4 Å². The molecule has 0 saturated carbocycles. The molecule has 2 heterocycles. The number of rotatable bonds is 3. The summed E-state index contributed by atoms with van der Waals surface area (Å²) >= 11 is 0. The van der Waals surface area contributed by atoms with Crippen molar-refractivity contribution in [3.8, 4) is 0 Å². The number of hydrogen-bond donors (Lipinski definition) is 2. The summed E-state index contributed by atoms with van der Waals surface area (Å²) < 4.78 is 1.84. The lowest BCUT2D eigenvalue weighted by atomic mass is 10.3. The van der Waals surface area contributed by atoms with Gasteiger partial charge >= 0.3 is 0 Å². The highest BCUT2D eigenvalue weighted by molar-refractivity contribution is 5.70. The van der Waals surface area contributed by atoms with E-state index < -0.39 is 0 Å². The van der Waals surface area contributed by atoms with Crippen molar-refractivity contribution in [2.75, 3.05) is 18.5 Å². The van der Waals surface area contributed by atoms with Gasteiger partial charge in [0.05, 0.1) is 18.0 Å². The molecule has 0 aromatic carbocycles. The Balaban J connectivity index is 2.50. The summed E-state index contributed by atoms with van der Waals surface area (Å²) in [6, 6.07) is 0. The maximum absolute atomic E-state index is 8.75. The van der Waals surface area contributed by atoms with Gasteiger partial charge in [0.1, 0.15) is 0 Å². The van der Waals surface area contributed by atoms with Crippen LogP contribution in [0.25, 0.3) is 11.3 Å². The van der Waals surface area contributed by atoms with Crippen LogP contribution in [0.5, 0.6) is 0 Å². The Morgan fingerprint density at radius 1 is 1.19 bits per heavy atom. The molecule has 0 radical (unpaired) electrons. The molecule has 6 nitrogen and oxygen atoms in total. The van der Waals surface area contributed by atoms with Crippen molar-refractivity contribution < 1.29 is 5.11 Å². The van der Waals surface area contributed by atoms with Gasteiger partial charge in [-0.1, -0.05) is 0 Å². The number of anilines is 1. The molecule has 0 atom stereocenters. The molecule has 0 unspecified atom stereocenters. The molecule has 2 aromatic rings. The average molecular weight is 221 g/mol. The number of nitrogens with zero attached hydrogens (tertiary/aromatic N) is 4. The number of fused-ring (bicyclic) bond motifs is 1. The number of hydrogen-bond acceptors (Lipinski definition) is 5. The maximum atomic E-state index is 8.75. The van der Waals surface area contributed by atoms with Gasteiger partial charge in [0.2, 0.25) is 5.95 Å². The fourth-order valence-corrected chi connectivity index (χ4v) is 1.48. The van der Waals surface area contributed by atoms with Crippen molar-refractivity contribution in [2.24, 2.45) is 7.05 Å². The lowest BCUT2D eigenvalue weighted by Crippen LogP contribution is -2.09. The average Bonchev–Trinajstić information content (AvgIpc) is 2.54. The van der Waals surface area contributed by atoms with Gasteiger partial charge in [-0.15, -0.1) is 0 Å². The predicted octanol–water partition coefficient (Wildman–Crippen LogP) is 0.384. The van der Waals surface area contributed by atoms with Crippen LogP contribution >= 0.6 is 0 Å². The van der Waals surface area contributed by atoms with Crippen LogP contribution in [0.2, 0.25) is 0 Å². The Kier molecular flexibility index (Phi) is 2.74. The highest BCUT2D eigenvalue weighted by atomic mass is 16.3. The van der Waals surface area contributed by atoms with Gasteiger partial charge < -0.3 is 10.4 Å². The summed E-state index contributed by atoms with van der Waals surface area (Å²) in [4.78, 5) is 13.1. The second-order valence-corrected chi connectivity index (χ2v) is 3.69. The van der Waals surface area contributed by atoms with E-state index in [1.807, 2.05) is 25.5 Å². The standard InChI is InChI=1S/C10H15N5O/c1-6-7(2)13-9-8(12-6)14-10(15(9)3)11-4-5-16/h16H,4-5H2,1-3H3,(H,11,12,14). The van der Waals surface area contributed by atoms with E-state index in [4.69, 9.17) is 5.11 Å². The Morgan fingerprint density at radius 2 is 1.88 bits per heavy atom. The van der Waals surface area contributed by atoms with Gasteiger partial charge in [0.15, 0.2) is 11.3 Å². The minimum atomic E-state index is 0.0715. The van der Waals surface area contributed by atoms with Crippen molar-refractivity contribution >= 4 is 17.2 Å². The molecule has 0 bridgehead atoms. The third-order valence-corrected chi connectivity index (χ3v) is 2.51. The fourth-order valence-electron chi connectivity index (χ4n) is 1.48. The zero-order chi connectivity index (χ0) is 11.7. The van der Waals surface area contributed by atoms with Crippen LogP contribution in [0.15, 0.2) is 0 Å². The van der Waals surface area contributed by atoms with E-state index >= 15 is 0 Å². The first kappa shape index (κ1) is 10.8. The first-order valence-electron chi connectivity index (χ1n) is 5.16. The van der Waals surface area contributed by atoms with E-state index in [9.17, 15) is 0 Å². The van der Waals surface area contributed by atoms with Crippen molar-refractivity contribution in [1.82, 2.24) is 19.5 Å². The topological polar surface area (TPSA) is 75.9 Å². The number of aliphatic hydroxyl groups excluding tert-OH is 1. The fraction of sp³-hybridized carbons (Fsp3) is 0.500. The molecule has 0 saturated heterocycles. The second-order valence-electron chi connectivity index (χ2n) is 3.69. The normalized spacial score (nSPS) is 11.0. The summed E-state index contributed by atoms with van der Waals surface area (Å²) in [5, 5.41) is 11.8. The summed E-state index contributed by atoms with van der Waals surface area (Å²) in [5.41, 5.74) is 3.18. The molecule has 2 rings (SSSR count). The van der Waals surface area contributed by atoms with E-state index in [1.54, 1.807) is 0 Å². The summed E-state index contributed by atoms with van der Waals surface area (Å²) in [5.74, 6) is 0.675. The van der Waals surface area contributed by atoms with Gasteiger partial charge in [-0.25, -0.2) is 9.97 Å². The number of nitrogens with one attached hydrogen (secondary N) is 1. The molecule has 0 fully saturated rings. The molecule has 0 aliphatic carbocycles. The number of imidazole rings is 1. The monoisotopic (exact) mass is 221 g/mol. The Morgan fingerprint density at radius 3 is 2.56 bits per heavy atom. The lowest BCUT2D eigenvalue weighted by molar-refractivity contribution is 0.310. The summed E-state index contributed by atoms with van der Waals surface area (Å²) in [7, 11) is 1.87. The molecule has 0 spiro atoms. The molecular weight excluding hydrogens is 206 g/mol. The zero-order valence-corrected chi connectivity index (χ0v) is 9.65. The van der Waals surface area contributed by atoms with E-state index in [0.29, 0.717) is 18.1 Å². The van der Waals surface area contributed by atoms with E-state index in [1.165, 1.54) is 0 Å². The SMILES string of the molecule is Cc1nc2nc(NCCO)n(C)c2nc1C. The van der Waals surface area contributed by atoms with Gasteiger partial charge in [0, 0.05) is 13.6 Å². The first-order valence-corrected chi connectivity index (χ1v) is 5.16. The van der Waals surface area contributed by atoms with Gasteiger partial charge in [-0.05, 0) is 13.8 Å². The Hall–Kier alpha value is -1.69. The molecule has 2 aromatic heterocycles. The van der Waals surface area contributed by atoms with Crippen molar-refractivity contribution in [1.29, 1.82) is 0 Å². The molecule has 6 heteroatoms. The quantitative estimate of drug-likeness (QED) is 0.784. The molecular formula is C10H15N5O. The molecule has 0 amide bonds. The largest absolute Gasteiger partial charge is 0.395 e. The van der Waals surface area contributed by atoms with Crippen LogP contribution < -0.4 is 5.32 Å². The van der Waals surface area contributed by atoms with E-state index in [2.05, 4.69) is 20.3 Å². The lowest BCUT2D eigenvalue weighted by Gasteiger charge is -2.03. The van der Waals surface area contributed by atoms with Crippen LogP contribution in [-0.2, 0) is 7.05 Å². The third-order valence-electron chi connectivity index (χ3n) is 2.51. The van der Waals surface area contributed by atoms with Crippen LogP contribution in [0.1, 0.15) is 11.4 Å². The number of aliphatic hydroxyl groups is 1. The van der Waals surface area contributed by atoms with E-state index in [0.717, 1.165) is 17.0 Å². The van der Waals surface area contributed by atoms with Crippen LogP contribution in [0.4, 0.5) is 5.95 Å². The van der Waals surface area contributed by atoms with Crippen LogP contribution in [-0.4, -0.2) is 37.8 Å². The Bertz CT molecular complexity index is 519. The summed E-state index contributed by atoms with van der Waals surface area (Å²) in [6.45, 7) is 4.38. The molecule has 2 N–H and O–H groups in total. The smallest absolute Gasteiger partial charge is 0.206 e. The zero-order valence-electron chi connectivity index (χ0n) is 9.65. The molecule has 0 aliphatic heterocycles. The second kappa shape index (κ2) is 4.05. The van der Waals surface area contributed by atoms with E-state index in [-0.39, 0.29) is 6.61 Å². The third kappa shape index (κ3) is 1.71. The molecule has 16 heavy (non-hydrogen) atoms. The van der Waals surface area contributed by atoms with Gasteiger partial charge in [-0.2, -0.15) is 4.98 Å². The van der Waals surface area contributed by atoms with Gasteiger partial charge in [-0.3, -0.25) is 4.57 Å². The summed E-state index contributed by atoms with van der Waals surface area (Å²) in [6.07, 6.45) is 0. The van der Waals surface area contributed by atoms with Gasteiger partial charge in [0.25, 0.3) is 0 Å². The molecule has 86 valence electrons. The van der Waals surface area contributed by atoms with Crippen LogP contribution in [0, 0.1) is 13.8 Å². The highest BCUT2D eigenvalue weighted by Crippen LogP contribution is 2.15. The predicted molar refractivity (Wildman–Crippen MR) is 61.4 cm³/mol.